The van der Waals surface area contributed by atoms with Gasteiger partial charge in [0.2, 0.25) is 0 Å². The molecule has 0 aliphatic heterocycles. The Labute approximate surface area is 225 Å². The Morgan fingerprint density at radius 3 is 0.789 bits per heavy atom. The van der Waals surface area contributed by atoms with Crippen LogP contribution in [0.2, 0.25) is 0 Å². The normalized spacial score (nSPS) is 26.3. The van der Waals surface area contributed by atoms with Gasteiger partial charge in [-0.1, -0.05) is 12.8 Å². The summed E-state index contributed by atoms with van der Waals surface area (Å²) >= 11 is 0. The molecule has 0 unspecified atom stereocenters. The van der Waals surface area contributed by atoms with Gasteiger partial charge in [0.25, 0.3) is 0 Å². The molecule has 5 aliphatic rings. The summed E-state index contributed by atoms with van der Waals surface area (Å²) in [6.45, 7) is 0. The molecule has 0 bridgehead atoms. The van der Waals surface area contributed by atoms with Crippen LogP contribution in [0.3, 0.4) is 0 Å². The van der Waals surface area contributed by atoms with Crippen LogP contribution in [-0.2, 0) is 38.1 Å². The molecular formula is C30H44O8. The van der Waals surface area contributed by atoms with Crippen molar-refractivity contribution in [1.82, 2.24) is 0 Å². The fraction of sp³-hybridized carbons (Fsp3) is 0.867. The fourth-order valence-corrected chi connectivity index (χ4v) is 7.51. The van der Waals surface area contributed by atoms with E-state index >= 15 is 0 Å². The molecule has 0 heterocycles. The molecule has 0 aromatic heterocycles. The molecule has 0 amide bonds. The molecule has 38 heavy (non-hydrogen) atoms. The van der Waals surface area contributed by atoms with Gasteiger partial charge in [0, 0.05) is 0 Å². The second kappa shape index (κ2) is 12.0. The predicted octanol–water partition coefficient (Wildman–Crippen LogP) is 5.48. The Morgan fingerprint density at radius 2 is 0.579 bits per heavy atom. The van der Waals surface area contributed by atoms with Gasteiger partial charge in [-0.3, -0.25) is 19.2 Å². The molecule has 0 aromatic rings. The van der Waals surface area contributed by atoms with E-state index in [-0.39, 0.29) is 37.3 Å². The van der Waals surface area contributed by atoms with E-state index < -0.39 is 34.7 Å². The van der Waals surface area contributed by atoms with Crippen LogP contribution in [0.1, 0.15) is 128 Å². The fourth-order valence-electron chi connectivity index (χ4n) is 7.51. The van der Waals surface area contributed by atoms with E-state index in [0.29, 0.717) is 64.2 Å². The average molecular weight is 533 g/mol. The predicted molar refractivity (Wildman–Crippen MR) is 137 cm³/mol. The average Bonchev–Trinajstić information content (AvgIpc) is 3.73. The molecule has 0 aromatic carbocycles. The van der Waals surface area contributed by atoms with Crippen molar-refractivity contribution < 1.29 is 38.1 Å². The first-order valence-corrected chi connectivity index (χ1v) is 15.3. The van der Waals surface area contributed by atoms with Crippen molar-refractivity contribution in [1.29, 1.82) is 0 Å². The van der Waals surface area contributed by atoms with Gasteiger partial charge in [-0.25, -0.2) is 0 Å². The van der Waals surface area contributed by atoms with Crippen LogP contribution in [-0.4, -0.2) is 48.3 Å². The summed E-state index contributed by atoms with van der Waals surface area (Å²) in [4.78, 5) is 57.0. The third kappa shape index (κ3) is 5.21. The molecule has 5 rings (SSSR count). The Morgan fingerprint density at radius 1 is 0.368 bits per heavy atom. The van der Waals surface area contributed by atoms with Gasteiger partial charge in [0.05, 0.1) is 0 Å². The van der Waals surface area contributed by atoms with E-state index in [1.165, 1.54) is 0 Å². The van der Waals surface area contributed by atoms with E-state index in [2.05, 4.69) is 0 Å². The molecule has 5 saturated carbocycles. The minimum absolute atomic E-state index is 0.0175. The zero-order valence-corrected chi connectivity index (χ0v) is 22.7. The first-order chi connectivity index (χ1) is 18.5. The maximum Gasteiger partial charge on any atom is 0.325 e. The molecule has 0 radical (unpaired) electrons. The number of rotatable bonds is 8. The zero-order chi connectivity index (χ0) is 26.6. The summed E-state index contributed by atoms with van der Waals surface area (Å²) in [5, 5.41) is 0. The molecule has 0 N–H and O–H groups in total. The highest BCUT2D eigenvalue weighted by atomic mass is 16.6. The van der Waals surface area contributed by atoms with Gasteiger partial charge in [0.15, 0.2) is 10.8 Å². The Kier molecular flexibility index (Phi) is 8.63. The standard InChI is InChI=1S/C30H44O8/c31-25(35-21-11-1-2-12-21)29(26(32)36-22-13-3-4-14-22)19-9-10-20-30(29,27(33)37-23-15-5-6-16-23)28(34)38-24-17-7-8-18-24/h21-24H,1-20H2. The maximum atomic E-state index is 14.3. The molecule has 212 valence electrons. The van der Waals surface area contributed by atoms with Gasteiger partial charge >= 0.3 is 23.9 Å². The van der Waals surface area contributed by atoms with E-state index in [4.69, 9.17) is 18.9 Å². The summed E-state index contributed by atoms with van der Waals surface area (Å²) in [5.74, 6) is -3.23. The van der Waals surface area contributed by atoms with Crippen molar-refractivity contribution in [2.24, 2.45) is 10.8 Å². The van der Waals surface area contributed by atoms with Crippen molar-refractivity contribution in [2.45, 2.75) is 153 Å². The Hall–Kier alpha value is -2.12. The minimum Gasteiger partial charge on any atom is -0.461 e. The Balaban J connectivity index is 1.56. The lowest BCUT2D eigenvalue weighted by Gasteiger charge is -2.46. The number of carbonyl (C=O) groups is 4. The van der Waals surface area contributed by atoms with Crippen molar-refractivity contribution in [2.75, 3.05) is 0 Å². The minimum atomic E-state index is -2.10. The van der Waals surface area contributed by atoms with Gasteiger partial charge in [0.1, 0.15) is 24.4 Å². The topological polar surface area (TPSA) is 105 Å². The third-order valence-corrected chi connectivity index (χ3v) is 9.78. The third-order valence-electron chi connectivity index (χ3n) is 9.78. The summed E-state index contributed by atoms with van der Waals surface area (Å²) in [7, 11) is 0. The molecule has 8 nitrogen and oxygen atoms in total. The highest BCUT2D eigenvalue weighted by Gasteiger charge is 2.74. The van der Waals surface area contributed by atoms with E-state index in [1.807, 2.05) is 0 Å². The lowest BCUT2D eigenvalue weighted by molar-refractivity contribution is -0.215. The van der Waals surface area contributed by atoms with Gasteiger partial charge in [-0.15, -0.1) is 0 Å². The van der Waals surface area contributed by atoms with Crippen LogP contribution < -0.4 is 0 Å². The van der Waals surface area contributed by atoms with Gasteiger partial charge in [-0.05, 0) is 116 Å². The van der Waals surface area contributed by atoms with Crippen molar-refractivity contribution in [3.63, 3.8) is 0 Å². The molecule has 0 spiro atoms. The van der Waals surface area contributed by atoms with Crippen LogP contribution >= 0.6 is 0 Å². The lowest BCUT2D eigenvalue weighted by atomic mass is 9.55. The van der Waals surface area contributed by atoms with Crippen LogP contribution in [0.25, 0.3) is 0 Å². The molecule has 5 fully saturated rings. The van der Waals surface area contributed by atoms with Gasteiger partial charge in [-0.2, -0.15) is 0 Å². The van der Waals surface area contributed by atoms with Crippen molar-refractivity contribution in [3.05, 3.63) is 0 Å². The lowest BCUT2D eigenvalue weighted by Crippen LogP contribution is -2.65. The van der Waals surface area contributed by atoms with Crippen molar-refractivity contribution in [3.8, 4) is 0 Å². The van der Waals surface area contributed by atoms with E-state index in [9.17, 15) is 19.2 Å². The summed E-state index contributed by atoms with van der Waals surface area (Å²) in [5.41, 5.74) is -4.19. The van der Waals surface area contributed by atoms with Crippen LogP contribution in [0.5, 0.6) is 0 Å². The maximum absolute atomic E-state index is 14.3. The van der Waals surface area contributed by atoms with Crippen LogP contribution in [0.4, 0.5) is 0 Å². The first-order valence-electron chi connectivity index (χ1n) is 15.3. The molecule has 0 atom stereocenters. The highest BCUT2D eigenvalue weighted by molar-refractivity contribution is 6.15. The second-order valence-electron chi connectivity index (χ2n) is 12.3. The van der Waals surface area contributed by atoms with E-state index in [0.717, 1.165) is 51.4 Å². The second-order valence-corrected chi connectivity index (χ2v) is 12.3. The van der Waals surface area contributed by atoms with Crippen LogP contribution in [0, 0.1) is 10.8 Å². The SMILES string of the molecule is O=C(OC1CCCC1)C1(C(=O)OC2CCCC2)CCCCC1(C(=O)OC1CCCC1)C(=O)OC1CCCC1. The monoisotopic (exact) mass is 532 g/mol. The molecule has 8 heteroatoms. The van der Waals surface area contributed by atoms with Gasteiger partial charge < -0.3 is 18.9 Å². The largest absolute Gasteiger partial charge is 0.461 e. The van der Waals surface area contributed by atoms with Crippen molar-refractivity contribution >= 4 is 23.9 Å². The number of esters is 4. The molecular weight excluding hydrogens is 488 g/mol. The smallest absolute Gasteiger partial charge is 0.325 e. The molecule has 5 aliphatic carbocycles. The molecule has 0 saturated heterocycles. The zero-order valence-electron chi connectivity index (χ0n) is 22.7. The summed E-state index contributed by atoms with van der Waals surface area (Å²) in [6, 6.07) is 0. The van der Waals surface area contributed by atoms with Crippen LogP contribution in [0.15, 0.2) is 0 Å². The quantitative estimate of drug-likeness (QED) is 0.230. The highest BCUT2D eigenvalue weighted by Crippen LogP contribution is 2.56. The number of ether oxygens (including phenoxy) is 4. The number of hydrogen-bond donors (Lipinski definition) is 0. The van der Waals surface area contributed by atoms with E-state index in [1.54, 1.807) is 0 Å². The Bertz CT molecular complexity index is 741. The number of hydrogen-bond acceptors (Lipinski definition) is 8. The summed E-state index contributed by atoms with van der Waals surface area (Å²) < 4.78 is 23.9. The number of carbonyl (C=O) groups excluding carboxylic acids is 4. The summed E-state index contributed by atoms with van der Waals surface area (Å²) in [6.07, 6.45) is 13.0. The first kappa shape index (κ1) is 27.4.